The number of aliphatic imine (C=N–C) groups is 1. The van der Waals surface area contributed by atoms with Gasteiger partial charge in [0.15, 0.2) is 5.96 Å². The van der Waals surface area contributed by atoms with Gasteiger partial charge in [-0.05, 0) is 38.3 Å². The fourth-order valence-electron chi connectivity index (χ4n) is 1.79. The number of nitrogens with one attached hydrogen (secondary N) is 1. The molecule has 3 heteroatoms. The average molecular weight is 203 g/mol. The van der Waals surface area contributed by atoms with Gasteiger partial charge >= 0.3 is 0 Å². The van der Waals surface area contributed by atoms with Crippen LogP contribution in [0.1, 0.15) is 26.2 Å². The number of benzene rings is 1. The number of para-hydroxylation sites is 1. The lowest BCUT2D eigenvalue weighted by molar-refractivity contribution is 0.280. The Balaban J connectivity index is 2.00. The third-order valence-corrected chi connectivity index (χ3v) is 2.87. The normalized spacial score (nSPS) is 19.4. The maximum absolute atomic E-state index is 5.84. The van der Waals surface area contributed by atoms with Gasteiger partial charge in [-0.25, -0.2) is 4.99 Å². The van der Waals surface area contributed by atoms with Crippen LogP contribution < -0.4 is 11.1 Å². The largest absolute Gasteiger partial charge is 0.370 e. The number of hydrogen-bond acceptors (Lipinski definition) is 1. The van der Waals surface area contributed by atoms with Crippen molar-refractivity contribution in [2.45, 2.75) is 31.7 Å². The van der Waals surface area contributed by atoms with Gasteiger partial charge in [0.05, 0.1) is 5.54 Å². The second kappa shape index (κ2) is 3.93. The molecule has 1 saturated carbocycles. The predicted octanol–water partition coefficient (Wildman–Crippen LogP) is 2.36. The maximum Gasteiger partial charge on any atom is 0.193 e. The number of guanidine groups is 1. The molecule has 0 aromatic heterocycles. The summed E-state index contributed by atoms with van der Waals surface area (Å²) >= 11 is 0. The third kappa shape index (κ3) is 2.49. The van der Waals surface area contributed by atoms with Crippen LogP contribution in [-0.4, -0.2) is 11.5 Å². The Morgan fingerprint density at radius 1 is 1.33 bits per heavy atom. The lowest BCUT2D eigenvalue weighted by atomic mass is 9.79. The van der Waals surface area contributed by atoms with Crippen molar-refractivity contribution in [2.75, 3.05) is 5.32 Å². The van der Waals surface area contributed by atoms with E-state index in [0.717, 1.165) is 18.5 Å². The highest BCUT2D eigenvalue weighted by molar-refractivity contribution is 5.92. The summed E-state index contributed by atoms with van der Waals surface area (Å²) < 4.78 is 0. The standard InChI is InChI=1S/C12H17N3/c1-12(8-5-9-12)15-11(13)14-10-6-3-2-4-7-10/h2-4,6-7H,5,8-9H2,1H3,(H3,13,14,15). The van der Waals surface area contributed by atoms with Gasteiger partial charge in [0, 0.05) is 5.69 Å². The van der Waals surface area contributed by atoms with E-state index in [1.54, 1.807) is 0 Å². The van der Waals surface area contributed by atoms with E-state index in [2.05, 4.69) is 17.2 Å². The van der Waals surface area contributed by atoms with E-state index < -0.39 is 0 Å². The molecule has 0 saturated heterocycles. The van der Waals surface area contributed by atoms with Gasteiger partial charge in [0.1, 0.15) is 0 Å². The predicted molar refractivity (Wildman–Crippen MR) is 63.9 cm³/mol. The first-order chi connectivity index (χ1) is 7.18. The molecule has 1 aliphatic carbocycles. The fourth-order valence-corrected chi connectivity index (χ4v) is 1.79. The quantitative estimate of drug-likeness (QED) is 0.572. The zero-order valence-corrected chi connectivity index (χ0v) is 9.03. The monoisotopic (exact) mass is 203 g/mol. The summed E-state index contributed by atoms with van der Waals surface area (Å²) in [5.74, 6) is 0.517. The van der Waals surface area contributed by atoms with Crippen molar-refractivity contribution in [3.8, 4) is 0 Å². The van der Waals surface area contributed by atoms with Crippen LogP contribution in [0.2, 0.25) is 0 Å². The summed E-state index contributed by atoms with van der Waals surface area (Å²) in [4.78, 5) is 4.49. The van der Waals surface area contributed by atoms with Gasteiger partial charge < -0.3 is 11.1 Å². The molecule has 0 amide bonds. The fraction of sp³-hybridized carbons (Fsp3) is 0.417. The molecule has 0 heterocycles. The third-order valence-electron chi connectivity index (χ3n) is 2.87. The summed E-state index contributed by atoms with van der Waals surface area (Å²) in [7, 11) is 0. The summed E-state index contributed by atoms with van der Waals surface area (Å²) in [6.45, 7) is 2.15. The molecule has 1 aromatic rings. The summed E-state index contributed by atoms with van der Waals surface area (Å²) in [6, 6.07) is 9.88. The van der Waals surface area contributed by atoms with Crippen LogP contribution in [0, 0.1) is 0 Å². The van der Waals surface area contributed by atoms with E-state index in [1.807, 2.05) is 30.3 Å². The Kier molecular flexibility index (Phi) is 2.62. The molecule has 1 fully saturated rings. The van der Waals surface area contributed by atoms with Crippen LogP contribution in [0.3, 0.4) is 0 Å². The van der Waals surface area contributed by atoms with Gasteiger partial charge in [0.25, 0.3) is 0 Å². The number of anilines is 1. The van der Waals surface area contributed by atoms with Gasteiger partial charge in [-0.1, -0.05) is 18.2 Å². The van der Waals surface area contributed by atoms with Crippen LogP contribution in [0.25, 0.3) is 0 Å². The van der Waals surface area contributed by atoms with Gasteiger partial charge in [-0.15, -0.1) is 0 Å². The molecule has 0 radical (unpaired) electrons. The lowest BCUT2D eigenvalue weighted by Gasteiger charge is -2.34. The van der Waals surface area contributed by atoms with Gasteiger partial charge in [-0.2, -0.15) is 0 Å². The Morgan fingerprint density at radius 3 is 2.53 bits per heavy atom. The van der Waals surface area contributed by atoms with Crippen LogP contribution in [0.15, 0.2) is 35.3 Å². The van der Waals surface area contributed by atoms with E-state index in [0.29, 0.717) is 5.96 Å². The number of nitrogens with two attached hydrogens (primary N) is 1. The van der Waals surface area contributed by atoms with Crippen LogP contribution >= 0.6 is 0 Å². The first-order valence-electron chi connectivity index (χ1n) is 5.35. The molecule has 0 aliphatic heterocycles. The smallest absolute Gasteiger partial charge is 0.193 e. The van der Waals surface area contributed by atoms with Crippen molar-refractivity contribution in [3.63, 3.8) is 0 Å². The molecule has 3 nitrogen and oxygen atoms in total. The molecule has 1 aliphatic rings. The molecular formula is C12H17N3. The summed E-state index contributed by atoms with van der Waals surface area (Å²) in [5.41, 5.74) is 6.90. The molecule has 1 aromatic carbocycles. The van der Waals surface area contributed by atoms with E-state index >= 15 is 0 Å². The Bertz CT molecular complexity index is 352. The van der Waals surface area contributed by atoms with E-state index in [-0.39, 0.29) is 5.54 Å². The Morgan fingerprint density at radius 2 is 2.00 bits per heavy atom. The molecule has 0 unspecified atom stereocenters. The van der Waals surface area contributed by atoms with Crippen molar-refractivity contribution in [1.29, 1.82) is 0 Å². The van der Waals surface area contributed by atoms with Crippen LogP contribution in [0.5, 0.6) is 0 Å². The highest BCUT2D eigenvalue weighted by Gasteiger charge is 2.31. The second-order valence-corrected chi connectivity index (χ2v) is 4.34. The molecule has 80 valence electrons. The zero-order valence-electron chi connectivity index (χ0n) is 9.03. The van der Waals surface area contributed by atoms with Gasteiger partial charge in [0.2, 0.25) is 0 Å². The molecule has 0 spiro atoms. The molecule has 15 heavy (non-hydrogen) atoms. The Labute approximate surface area is 90.4 Å². The first kappa shape index (κ1) is 10.0. The minimum absolute atomic E-state index is 0.0753. The van der Waals surface area contributed by atoms with Crippen molar-refractivity contribution < 1.29 is 0 Å². The van der Waals surface area contributed by atoms with Crippen LogP contribution in [-0.2, 0) is 0 Å². The molecule has 2 rings (SSSR count). The van der Waals surface area contributed by atoms with Crippen LogP contribution in [0.4, 0.5) is 5.69 Å². The highest BCUT2D eigenvalue weighted by Crippen LogP contribution is 2.34. The molecule has 3 N–H and O–H groups in total. The first-order valence-corrected chi connectivity index (χ1v) is 5.35. The Hall–Kier alpha value is -1.51. The number of nitrogens with zero attached hydrogens (tertiary/aromatic N) is 1. The highest BCUT2D eigenvalue weighted by atomic mass is 15.1. The second-order valence-electron chi connectivity index (χ2n) is 4.34. The van der Waals surface area contributed by atoms with Crippen molar-refractivity contribution >= 4 is 11.6 Å². The summed E-state index contributed by atoms with van der Waals surface area (Å²) in [6.07, 6.45) is 3.55. The number of hydrogen-bond donors (Lipinski definition) is 2. The van der Waals surface area contributed by atoms with Crippen molar-refractivity contribution in [3.05, 3.63) is 30.3 Å². The average Bonchev–Trinajstić information content (AvgIpc) is 2.16. The molecule has 0 bridgehead atoms. The molecule has 0 atom stereocenters. The maximum atomic E-state index is 5.84. The summed E-state index contributed by atoms with van der Waals surface area (Å²) in [5, 5.41) is 3.09. The minimum Gasteiger partial charge on any atom is -0.370 e. The van der Waals surface area contributed by atoms with E-state index in [9.17, 15) is 0 Å². The lowest BCUT2D eigenvalue weighted by Crippen LogP contribution is -2.36. The topological polar surface area (TPSA) is 50.4 Å². The number of rotatable bonds is 2. The van der Waals surface area contributed by atoms with E-state index in [1.165, 1.54) is 6.42 Å². The van der Waals surface area contributed by atoms with Crippen molar-refractivity contribution in [1.82, 2.24) is 0 Å². The SMILES string of the molecule is CC1(N=C(N)Nc2ccccc2)CCC1. The molecular weight excluding hydrogens is 186 g/mol. The minimum atomic E-state index is 0.0753. The van der Waals surface area contributed by atoms with Crippen molar-refractivity contribution in [2.24, 2.45) is 10.7 Å². The zero-order chi connectivity index (χ0) is 10.7. The van der Waals surface area contributed by atoms with E-state index in [4.69, 9.17) is 5.73 Å². The van der Waals surface area contributed by atoms with Gasteiger partial charge in [-0.3, -0.25) is 0 Å².